The fourth-order valence-electron chi connectivity index (χ4n) is 2.40. The minimum atomic E-state index is -0.813. The monoisotopic (exact) mass is 258 g/mol. The average Bonchev–Trinajstić information content (AvgIpc) is 2.35. The second-order valence-corrected chi connectivity index (χ2v) is 5.25. The summed E-state index contributed by atoms with van der Waals surface area (Å²) >= 11 is 0. The van der Waals surface area contributed by atoms with Gasteiger partial charge >= 0.3 is 0 Å². The highest BCUT2D eigenvalue weighted by atomic mass is 16.3. The van der Waals surface area contributed by atoms with E-state index in [4.69, 9.17) is 0 Å². The van der Waals surface area contributed by atoms with Gasteiger partial charge in [-0.15, -0.1) is 0 Å². The zero-order valence-corrected chi connectivity index (χ0v) is 10.5. The number of carbonyl (C=O) groups excluding carboxylic acids is 1. The second kappa shape index (κ2) is 3.93. The molecule has 1 aliphatic heterocycles. The van der Waals surface area contributed by atoms with Crippen molar-refractivity contribution in [1.29, 1.82) is 0 Å². The van der Waals surface area contributed by atoms with Gasteiger partial charge in [-0.05, 0) is 19.1 Å². The van der Waals surface area contributed by atoms with E-state index in [1.807, 2.05) is 0 Å². The van der Waals surface area contributed by atoms with Crippen LogP contribution >= 0.6 is 0 Å². The van der Waals surface area contributed by atoms with Gasteiger partial charge in [0.15, 0.2) is 5.43 Å². The van der Waals surface area contributed by atoms with Gasteiger partial charge in [0, 0.05) is 17.0 Å². The van der Waals surface area contributed by atoms with Gasteiger partial charge < -0.3 is 15.0 Å². The van der Waals surface area contributed by atoms with E-state index in [-0.39, 0.29) is 17.0 Å². The number of nitrogens with one attached hydrogen (secondary N) is 1. The van der Waals surface area contributed by atoms with Crippen molar-refractivity contribution in [3.8, 4) is 0 Å². The molecule has 0 atom stereocenters. The second-order valence-electron chi connectivity index (χ2n) is 5.25. The molecule has 19 heavy (non-hydrogen) atoms. The summed E-state index contributed by atoms with van der Waals surface area (Å²) in [5.74, 6) is -0.255. The highest BCUT2D eigenvalue weighted by Gasteiger charge is 2.39. The summed E-state index contributed by atoms with van der Waals surface area (Å²) in [5.41, 5.74) is -0.0814. The molecule has 1 aromatic carbocycles. The van der Waals surface area contributed by atoms with Gasteiger partial charge in [-0.1, -0.05) is 12.1 Å². The molecular formula is C14H14N2O3. The first-order valence-corrected chi connectivity index (χ1v) is 6.10. The summed E-state index contributed by atoms with van der Waals surface area (Å²) in [6.45, 7) is 2.27. The van der Waals surface area contributed by atoms with Crippen molar-refractivity contribution in [2.24, 2.45) is 0 Å². The lowest BCUT2D eigenvalue weighted by Crippen LogP contribution is -2.61. The van der Waals surface area contributed by atoms with Crippen LogP contribution in [-0.2, 0) is 0 Å². The van der Waals surface area contributed by atoms with Crippen molar-refractivity contribution in [3.05, 3.63) is 46.2 Å². The Bertz CT molecular complexity index is 710. The van der Waals surface area contributed by atoms with Crippen molar-refractivity contribution in [2.45, 2.75) is 12.5 Å². The van der Waals surface area contributed by atoms with Crippen molar-refractivity contribution < 1.29 is 9.90 Å². The lowest BCUT2D eigenvalue weighted by atomic mass is 9.96. The number of para-hydroxylation sites is 1. The molecule has 5 heteroatoms. The van der Waals surface area contributed by atoms with Crippen LogP contribution in [0.3, 0.4) is 0 Å². The van der Waals surface area contributed by atoms with Gasteiger partial charge in [0.2, 0.25) is 0 Å². The Kier molecular flexibility index (Phi) is 2.46. The number of nitrogens with zero attached hydrogens (tertiary/aromatic N) is 1. The minimum Gasteiger partial charge on any atom is -0.386 e. The predicted octanol–water partition coefficient (Wildman–Crippen LogP) is 0.735. The minimum absolute atomic E-state index is 0.176. The number of benzene rings is 1. The number of β-amino-alcohol motifs (C(OH)–C–C–N with tert-alkyl or cyclic N) is 1. The Morgan fingerprint density at radius 3 is 2.74 bits per heavy atom. The first-order valence-electron chi connectivity index (χ1n) is 6.10. The average molecular weight is 258 g/mol. The molecule has 0 saturated carbocycles. The van der Waals surface area contributed by atoms with Crippen LogP contribution in [0.25, 0.3) is 10.9 Å². The molecule has 0 radical (unpaired) electrons. The van der Waals surface area contributed by atoms with E-state index < -0.39 is 5.60 Å². The predicted molar refractivity (Wildman–Crippen MR) is 71.1 cm³/mol. The Balaban J connectivity index is 1.98. The zero-order valence-electron chi connectivity index (χ0n) is 10.5. The van der Waals surface area contributed by atoms with E-state index in [0.29, 0.717) is 24.0 Å². The van der Waals surface area contributed by atoms with E-state index in [1.54, 1.807) is 31.2 Å². The van der Waals surface area contributed by atoms with Gasteiger partial charge in [0.1, 0.15) is 5.69 Å². The van der Waals surface area contributed by atoms with Crippen LogP contribution in [0.1, 0.15) is 17.4 Å². The molecule has 2 aromatic rings. The maximum Gasteiger partial charge on any atom is 0.270 e. The fourth-order valence-corrected chi connectivity index (χ4v) is 2.40. The number of aliphatic hydroxyl groups is 1. The summed E-state index contributed by atoms with van der Waals surface area (Å²) in [7, 11) is 0. The topological polar surface area (TPSA) is 73.4 Å². The molecule has 0 aliphatic carbocycles. The largest absolute Gasteiger partial charge is 0.386 e. The molecule has 1 amide bonds. The lowest BCUT2D eigenvalue weighted by Gasteiger charge is -2.44. The number of pyridine rings is 1. The molecule has 98 valence electrons. The smallest absolute Gasteiger partial charge is 0.270 e. The summed E-state index contributed by atoms with van der Waals surface area (Å²) in [6, 6.07) is 8.39. The molecule has 0 bridgehead atoms. The molecule has 1 aromatic heterocycles. The molecule has 3 rings (SSSR count). The van der Waals surface area contributed by atoms with E-state index >= 15 is 0 Å². The number of H-pyrrole nitrogens is 1. The lowest BCUT2D eigenvalue weighted by molar-refractivity contribution is -0.0670. The Morgan fingerprint density at radius 1 is 1.37 bits per heavy atom. The van der Waals surface area contributed by atoms with Crippen molar-refractivity contribution >= 4 is 16.8 Å². The molecule has 2 N–H and O–H groups in total. The molecule has 2 heterocycles. The normalized spacial score (nSPS) is 17.3. The number of likely N-dealkylation sites (tertiary alicyclic amines) is 1. The fraction of sp³-hybridized carbons (Fsp3) is 0.286. The third kappa shape index (κ3) is 2.02. The SMILES string of the molecule is CC1(O)CN(C(=O)c2cc(=O)c3ccccc3[nH]2)C1. The van der Waals surface area contributed by atoms with Crippen LogP contribution in [0.4, 0.5) is 0 Å². The Morgan fingerprint density at radius 2 is 2.05 bits per heavy atom. The third-order valence-electron chi connectivity index (χ3n) is 3.32. The number of hydrogen-bond donors (Lipinski definition) is 2. The maximum absolute atomic E-state index is 12.2. The molecule has 1 fully saturated rings. The number of hydrogen-bond acceptors (Lipinski definition) is 3. The molecular weight excluding hydrogens is 244 g/mol. The van der Waals surface area contributed by atoms with Gasteiger partial charge in [-0.3, -0.25) is 9.59 Å². The molecule has 1 saturated heterocycles. The van der Waals surface area contributed by atoms with Crippen LogP contribution < -0.4 is 5.43 Å². The highest BCUT2D eigenvalue weighted by molar-refractivity contribution is 5.95. The van der Waals surface area contributed by atoms with E-state index in [9.17, 15) is 14.7 Å². The van der Waals surface area contributed by atoms with Crippen molar-refractivity contribution in [2.75, 3.05) is 13.1 Å². The van der Waals surface area contributed by atoms with Crippen LogP contribution in [0, 0.1) is 0 Å². The quantitative estimate of drug-likeness (QED) is 0.792. The van der Waals surface area contributed by atoms with E-state index in [0.717, 1.165) is 0 Å². The van der Waals surface area contributed by atoms with Crippen molar-refractivity contribution in [3.63, 3.8) is 0 Å². The van der Waals surface area contributed by atoms with E-state index in [1.165, 1.54) is 11.0 Å². The van der Waals surface area contributed by atoms with Gasteiger partial charge in [0.05, 0.1) is 18.7 Å². The third-order valence-corrected chi connectivity index (χ3v) is 3.32. The van der Waals surface area contributed by atoms with Gasteiger partial charge in [-0.25, -0.2) is 0 Å². The Labute approximate surface area is 109 Å². The number of carbonyl (C=O) groups is 1. The number of amides is 1. The summed E-state index contributed by atoms with van der Waals surface area (Å²) < 4.78 is 0. The first-order chi connectivity index (χ1) is 8.96. The zero-order chi connectivity index (χ0) is 13.6. The molecule has 0 spiro atoms. The van der Waals surface area contributed by atoms with Crippen LogP contribution in [-0.4, -0.2) is 39.6 Å². The van der Waals surface area contributed by atoms with Crippen LogP contribution in [0.2, 0.25) is 0 Å². The molecule has 1 aliphatic rings. The first kappa shape index (κ1) is 11.9. The number of fused-ring (bicyclic) bond motifs is 1. The van der Waals surface area contributed by atoms with Crippen LogP contribution in [0.15, 0.2) is 35.1 Å². The Hall–Kier alpha value is -2.14. The molecule has 5 nitrogen and oxygen atoms in total. The standard InChI is InChI=1S/C14H14N2O3/c1-14(19)7-16(8-14)13(18)11-6-12(17)9-4-2-3-5-10(9)15-11/h2-6,19H,7-8H2,1H3,(H,15,17). The van der Waals surface area contributed by atoms with Crippen LogP contribution in [0.5, 0.6) is 0 Å². The number of aromatic nitrogens is 1. The number of aromatic amines is 1. The maximum atomic E-state index is 12.2. The summed E-state index contributed by atoms with van der Waals surface area (Å²) in [5, 5.41) is 10.2. The summed E-state index contributed by atoms with van der Waals surface area (Å²) in [4.78, 5) is 28.6. The van der Waals surface area contributed by atoms with Gasteiger partial charge in [0.25, 0.3) is 5.91 Å². The highest BCUT2D eigenvalue weighted by Crippen LogP contribution is 2.21. The summed E-state index contributed by atoms with van der Waals surface area (Å²) in [6.07, 6.45) is 0. The van der Waals surface area contributed by atoms with Gasteiger partial charge in [-0.2, -0.15) is 0 Å². The van der Waals surface area contributed by atoms with Crippen molar-refractivity contribution in [1.82, 2.24) is 9.88 Å². The van der Waals surface area contributed by atoms with E-state index in [2.05, 4.69) is 4.98 Å². The number of rotatable bonds is 1. The molecule has 0 unspecified atom stereocenters.